The van der Waals surface area contributed by atoms with Crippen molar-refractivity contribution in [1.82, 2.24) is 0 Å². The second-order valence-corrected chi connectivity index (χ2v) is 5.90. The van der Waals surface area contributed by atoms with Crippen molar-refractivity contribution in [2.75, 3.05) is 12.9 Å². The van der Waals surface area contributed by atoms with Gasteiger partial charge in [-0.25, -0.2) is 0 Å². The average Bonchev–Trinajstić information content (AvgIpc) is 2.50. The van der Waals surface area contributed by atoms with Gasteiger partial charge in [-0.3, -0.25) is 14.4 Å². The molecular formula is C15H18O5S. The molecule has 2 atom stereocenters. The molecule has 6 heteroatoms. The van der Waals surface area contributed by atoms with E-state index in [-0.39, 0.29) is 23.9 Å². The van der Waals surface area contributed by atoms with Crippen LogP contribution in [0.1, 0.15) is 23.7 Å². The first-order chi connectivity index (χ1) is 9.95. The Morgan fingerprint density at radius 1 is 1.24 bits per heavy atom. The van der Waals surface area contributed by atoms with Gasteiger partial charge in [-0.05, 0) is 6.92 Å². The third-order valence-electron chi connectivity index (χ3n) is 2.93. The maximum atomic E-state index is 12.3. The molecule has 0 spiro atoms. The van der Waals surface area contributed by atoms with E-state index < -0.39 is 17.1 Å². The van der Waals surface area contributed by atoms with Crippen molar-refractivity contribution in [3.8, 4) is 0 Å². The van der Waals surface area contributed by atoms with Crippen molar-refractivity contribution >= 4 is 29.5 Å². The van der Waals surface area contributed by atoms with Gasteiger partial charge in [-0.2, -0.15) is 0 Å². The van der Waals surface area contributed by atoms with Crippen LogP contribution in [-0.4, -0.2) is 40.9 Å². The summed E-state index contributed by atoms with van der Waals surface area (Å²) in [7, 11) is 1.29. The highest BCUT2D eigenvalue weighted by molar-refractivity contribution is 8.00. The van der Waals surface area contributed by atoms with Crippen molar-refractivity contribution < 1.29 is 24.2 Å². The SMILES string of the molecule is COC(=O)C(C)SCC(CC(=O)O)C(=O)c1ccccc1. The predicted molar refractivity (Wildman–Crippen MR) is 80.5 cm³/mol. The Kier molecular flexibility index (Phi) is 6.94. The number of carbonyl (C=O) groups excluding carboxylic acids is 2. The first-order valence-electron chi connectivity index (χ1n) is 6.46. The van der Waals surface area contributed by atoms with Crippen LogP contribution in [-0.2, 0) is 14.3 Å². The highest BCUT2D eigenvalue weighted by atomic mass is 32.2. The number of ether oxygens (including phenoxy) is 1. The van der Waals surface area contributed by atoms with E-state index in [0.29, 0.717) is 5.56 Å². The zero-order chi connectivity index (χ0) is 15.8. The van der Waals surface area contributed by atoms with Gasteiger partial charge in [-0.1, -0.05) is 30.3 Å². The third kappa shape index (κ3) is 5.59. The molecule has 2 unspecified atom stereocenters. The van der Waals surface area contributed by atoms with Crippen LogP contribution in [0.25, 0.3) is 0 Å². The van der Waals surface area contributed by atoms with Crippen LogP contribution in [0.3, 0.4) is 0 Å². The van der Waals surface area contributed by atoms with Crippen LogP contribution in [0.2, 0.25) is 0 Å². The molecular weight excluding hydrogens is 292 g/mol. The summed E-state index contributed by atoms with van der Waals surface area (Å²) in [6.07, 6.45) is -0.255. The van der Waals surface area contributed by atoms with Crippen LogP contribution in [0.4, 0.5) is 0 Å². The molecule has 0 aliphatic rings. The minimum Gasteiger partial charge on any atom is -0.481 e. The van der Waals surface area contributed by atoms with E-state index in [9.17, 15) is 14.4 Å². The number of aliphatic carboxylic acids is 1. The molecule has 0 aliphatic carbocycles. The van der Waals surface area contributed by atoms with Crippen molar-refractivity contribution in [3.05, 3.63) is 35.9 Å². The Balaban J connectivity index is 2.74. The molecule has 1 aromatic rings. The lowest BCUT2D eigenvalue weighted by molar-refractivity contribution is -0.139. The Labute approximate surface area is 127 Å². The summed E-state index contributed by atoms with van der Waals surface area (Å²) in [6, 6.07) is 8.57. The molecule has 21 heavy (non-hydrogen) atoms. The average molecular weight is 310 g/mol. The molecule has 0 aliphatic heterocycles. The van der Waals surface area contributed by atoms with Gasteiger partial charge in [0.1, 0.15) is 0 Å². The van der Waals surface area contributed by atoms with Gasteiger partial charge < -0.3 is 9.84 Å². The van der Waals surface area contributed by atoms with Gasteiger partial charge in [0.2, 0.25) is 0 Å². The molecule has 5 nitrogen and oxygen atoms in total. The molecule has 0 heterocycles. The molecule has 0 fully saturated rings. The van der Waals surface area contributed by atoms with Crippen molar-refractivity contribution in [1.29, 1.82) is 0 Å². The van der Waals surface area contributed by atoms with Crippen LogP contribution in [0.5, 0.6) is 0 Å². The Morgan fingerprint density at radius 2 is 1.86 bits per heavy atom. The lowest BCUT2D eigenvalue weighted by Crippen LogP contribution is -2.24. The predicted octanol–water partition coefficient (Wildman–Crippen LogP) is 2.25. The van der Waals surface area contributed by atoms with Crippen LogP contribution in [0, 0.1) is 5.92 Å². The maximum Gasteiger partial charge on any atom is 0.318 e. The van der Waals surface area contributed by atoms with Gasteiger partial charge in [-0.15, -0.1) is 11.8 Å². The minimum atomic E-state index is -1.03. The Bertz CT molecular complexity index is 500. The van der Waals surface area contributed by atoms with E-state index in [0.717, 1.165) is 0 Å². The van der Waals surface area contributed by atoms with Crippen molar-refractivity contribution in [2.45, 2.75) is 18.6 Å². The number of carboxylic acids is 1. The van der Waals surface area contributed by atoms with E-state index >= 15 is 0 Å². The molecule has 1 N–H and O–H groups in total. The number of Topliss-reactive ketones (excluding diaryl/α,β-unsaturated/α-hetero) is 1. The summed E-state index contributed by atoms with van der Waals surface area (Å²) >= 11 is 1.22. The summed E-state index contributed by atoms with van der Waals surface area (Å²) in [5.41, 5.74) is 0.482. The zero-order valence-electron chi connectivity index (χ0n) is 11.9. The number of carboxylic acid groups (broad SMARTS) is 1. The van der Waals surface area contributed by atoms with E-state index in [2.05, 4.69) is 4.74 Å². The van der Waals surface area contributed by atoms with Gasteiger partial charge in [0.25, 0.3) is 0 Å². The van der Waals surface area contributed by atoms with Crippen LogP contribution in [0.15, 0.2) is 30.3 Å². The molecule has 1 rings (SSSR count). The Morgan fingerprint density at radius 3 is 2.38 bits per heavy atom. The standard InChI is InChI=1S/C15H18O5S/c1-10(15(19)20-2)21-9-12(8-13(16)17)14(18)11-6-4-3-5-7-11/h3-7,10,12H,8-9H2,1-2H3,(H,16,17). The Hall–Kier alpha value is -1.82. The van der Waals surface area contributed by atoms with Gasteiger partial charge in [0.15, 0.2) is 5.78 Å². The van der Waals surface area contributed by atoms with Gasteiger partial charge >= 0.3 is 11.9 Å². The molecule has 0 radical (unpaired) electrons. The van der Waals surface area contributed by atoms with E-state index in [1.807, 2.05) is 0 Å². The number of ketones is 1. The highest BCUT2D eigenvalue weighted by Crippen LogP contribution is 2.22. The molecule has 0 saturated carbocycles. The zero-order valence-corrected chi connectivity index (χ0v) is 12.8. The largest absolute Gasteiger partial charge is 0.481 e. The van der Waals surface area contributed by atoms with Crippen molar-refractivity contribution in [2.24, 2.45) is 5.92 Å². The summed E-state index contributed by atoms with van der Waals surface area (Å²) in [4.78, 5) is 34.6. The molecule has 1 aromatic carbocycles. The second kappa shape index (κ2) is 8.46. The summed E-state index contributed by atoms with van der Waals surface area (Å²) < 4.78 is 4.61. The quantitative estimate of drug-likeness (QED) is 0.586. The van der Waals surface area contributed by atoms with E-state index in [1.165, 1.54) is 18.9 Å². The lowest BCUT2D eigenvalue weighted by Gasteiger charge is -2.15. The monoisotopic (exact) mass is 310 g/mol. The number of thioether (sulfide) groups is 1. The molecule has 0 saturated heterocycles. The van der Waals surface area contributed by atoms with Crippen LogP contribution >= 0.6 is 11.8 Å². The topological polar surface area (TPSA) is 80.7 Å². The number of esters is 1. The number of rotatable bonds is 8. The highest BCUT2D eigenvalue weighted by Gasteiger charge is 2.25. The first-order valence-corrected chi connectivity index (χ1v) is 7.51. The number of hydrogen-bond donors (Lipinski definition) is 1. The third-order valence-corrected chi connectivity index (χ3v) is 4.22. The fraction of sp³-hybridized carbons (Fsp3) is 0.400. The van der Waals surface area contributed by atoms with Crippen LogP contribution < -0.4 is 0 Å². The normalized spacial score (nSPS) is 13.2. The smallest absolute Gasteiger partial charge is 0.318 e. The molecule has 114 valence electrons. The van der Waals surface area contributed by atoms with E-state index in [4.69, 9.17) is 5.11 Å². The second-order valence-electron chi connectivity index (χ2n) is 4.52. The fourth-order valence-corrected chi connectivity index (χ4v) is 2.79. The minimum absolute atomic E-state index is 0.220. The van der Waals surface area contributed by atoms with Gasteiger partial charge in [0.05, 0.1) is 18.8 Å². The summed E-state index contributed by atoms with van der Waals surface area (Å²) in [5, 5.41) is 8.51. The fourth-order valence-electron chi connectivity index (χ4n) is 1.77. The molecule has 0 aromatic heterocycles. The number of carbonyl (C=O) groups is 3. The molecule has 0 bridgehead atoms. The van der Waals surface area contributed by atoms with E-state index in [1.54, 1.807) is 37.3 Å². The number of hydrogen-bond acceptors (Lipinski definition) is 5. The summed E-state index contributed by atoms with van der Waals surface area (Å²) in [5.74, 6) is -2.04. The van der Waals surface area contributed by atoms with Crippen molar-refractivity contribution in [3.63, 3.8) is 0 Å². The first kappa shape index (κ1) is 17.2. The number of methoxy groups -OCH3 is 1. The lowest BCUT2D eigenvalue weighted by atomic mass is 9.96. The molecule has 0 amide bonds. The maximum absolute atomic E-state index is 12.3. The summed E-state index contributed by atoms with van der Waals surface area (Å²) in [6.45, 7) is 1.67. The number of benzene rings is 1. The van der Waals surface area contributed by atoms with Gasteiger partial charge in [0, 0.05) is 17.2 Å².